The molecule has 1 heterocycles. The van der Waals surface area contributed by atoms with Crippen LogP contribution in [0.3, 0.4) is 0 Å². The lowest BCUT2D eigenvalue weighted by molar-refractivity contribution is 0.899. The fourth-order valence-electron chi connectivity index (χ4n) is 2.16. The number of benzene rings is 2. The molecule has 0 aliphatic rings. The smallest absolute Gasteiger partial charge is 0.135 e. The van der Waals surface area contributed by atoms with E-state index in [4.69, 9.17) is 11.0 Å². The van der Waals surface area contributed by atoms with Gasteiger partial charge in [-0.25, -0.2) is 4.68 Å². The van der Waals surface area contributed by atoms with E-state index in [0.29, 0.717) is 11.4 Å². The number of aromatic nitrogens is 2. The topological polar surface area (TPSA) is 67.6 Å². The minimum absolute atomic E-state index is 0.585. The van der Waals surface area contributed by atoms with Crippen molar-refractivity contribution >= 4 is 16.7 Å². The molecule has 0 saturated heterocycles. The van der Waals surface area contributed by atoms with Crippen LogP contribution in [0, 0.1) is 18.3 Å². The van der Waals surface area contributed by atoms with Gasteiger partial charge in [0.15, 0.2) is 0 Å². The third kappa shape index (κ3) is 1.72. The molecule has 1 aromatic heterocycles. The fourth-order valence-corrected chi connectivity index (χ4v) is 2.16. The largest absolute Gasteiger partial charge is 0.383 e. The summed E-state index contributed by atoms with van der Waals surface area (Å²) in [4.78, 5) is 0. The maximum Gasteiger partial charge on any atom is 0.135 e. The molecule has 0 atom stereocenters. The maximum absolute atomic E-state index is 8.92. The van der Waals surface area contributed by atoms with Gasteiger partial charge in [-0.3, -0.25) is 0 Å². The molecule has 4 heteroatoms. The molecule has 19 heavy (non-hydrogen) atoms. The first-order chi connectivity index (χ1) is 9.20. The standard InChI is InChI=1S/C15H12N4/c1-10-4-2-3-5-14(10)19-15(17)12-7-6-11(9-16)8-13(12)18-19/h2-8H,17H2,1H3. The molecular weight excluding hydrogens is 236 g/mol. The van der Waals surface area contributed by atoms with E-state index in [-0.39, 0.29) is 0 Å². The van der Waals surface area contributed by atoms with Gasteiger partial charge in [0, 0.05) is 5.39 Å². The summed E-state index contributed by atoms with van der Waals surface area (Å²) in [6.07, 6.45) is 0. The minimum atomic E-state index is 0.585. The number of fused-ring (bicyclic) bond motifs is 1. The highest BCUT2D eigenvalue weighted by Gasteiger charge is 2.11. The van der Waals surface area contributed by atoms with Crippen molar-refractivity contribution in [2.24, 2.45) is 0 Å². The van der Waals surface area contributed by atoms with Gasteiger partial charge < -0.3 is 5.73 Å². The van der Waals surface area contributed by atoms with Gasteiger partial charge in [0.1, 0.15) is 5.82 Å². The molecule has 0 aliphatic heterocycles. The zero-order valence-electron chi connectivity index (χ0n) is 10.5. The minimum Gasteiger partial charge on any atom is -0.383 e. The van der Waals surface area contributed by atoms with Crippen molar-refractivity contribution in [2.45, 2.75) is 6.92 Å². The molecule has 0 unspecified atom stereocenters. The average Bonchev–Trinajstić information content (AvgIpc) is 2.76. The normalized spacial score (nSPS) is 10.5. The number of nitrogens with zero attached hydrogens (tertiary/aromatic N) is 3. The SMILES string of the molecule is Cc1ccccc1-n1nc2cc(C#N)ccc2c1N. The second kappa shape index (κ2) is 4.14. The Labute approximate surface area is 110 Å². The van der Waals surface area contributed by atoms with Crippen LogP contribution in [-0.2, 0) is 0 Å². The number of aryl methyl sites for hydroxylation is 1. The van der Waals surface area contributed by atoms with Crippen molar-refractivity contribution in [2.75, 3.05) is 5.73 Å². The fraction of sp³-hybridized carbons (Fsp3) is 0.0667. The Kier molecular flexibility index (Phi) is 2.46. The molecule has 2 aromatic carbocycles. The van der Waals surface area contributed by atoms with E-state index in [9.17, 15) is 0 Å². The molecule has 0 saturated carbocycles. The van der Waals surface area contributed by atoms with Crippen LogP contribution in [0.5, 0.6) is 0 Å². The number of nitrogen functional groups attached to an aromatic ring is 1. The number of rotatable bonds is 1. The number of nitriles is 1. The van der Waals surface area contributed by atoms with E-state index in [1.54, 1.807) is 16.8 Å². The van der Waals surface area contributed by atoms with Gasteiger partial charge in [-0.1, -0.05) is 18.2 Å². The summed E-state index contributed by atoms with van der Waals surface area (Å²) < 4.78 is 1.72. The summed E-state index contributed by atoms with van der Waals surface area (Å²) in [7, 11) is 0. The number of hydrogen-bond acceptors (Lipinski definition) is 3. The average molecular weight is 248 g/mol. The van der Waals surface area contributed by atoms with Crippen LogP contribution >= 0.6 is 0 Å². The van der Waals surface area contributed by atoms with Crippen LogP contribution in [-0.4, -0.2) is 9.78 Å². The summed E-state index contributed by atoms with van der Waals surface area (Å²) in [6.45, 7) is 2.02. The van der Waals surface area contributed by atoms with Gasteiger partial charge in [-0.05, 0) is 36.8 Å². The zero-order valence-corrected chi connectivity index (χ0v) is 10.5. The van der Waals surface area contributed by atoms with Crippen LogP contribution in [0.15, 0.2) is 42.5 Å². The van der Waals surface area contributed by atoms with Gasteiger partial charge >= 0.3 is 0 Å². The molecule has 0 radical (unpaired) electrons. The third-order valence-corrected chi connectivity index (χ3v) is 3.18. The summed E-state index contributed by atoms with van der Waals surface area (Å²) in [5.41, 5.74) is 9.52. The highest BCUT2D eigenvalue weighted by molar-refractivity contribution is 5.90. The lowest BCUT2D eigenvalue weighted by Gasteiger charge is -2.06. The summed E-state index contributed by atoms with van der Waals surface area (Å²) in [6, 6.07) is 15.4. The third-order valence-electron chi connectivity index (χ3n) is 3.18. The Hall–Kier alpha value is -2.80. The van der Waals surface area contributed by atoms with Gasteiger partial charge in [0.05, 0.1) is 22.8 Å². The molecule has 0 aliphatic carbocycles. The van der Waals surface area contributed by atoms with Gasteiger partial charge in [0.2, 0.25) is 0 Å². The van der Waals surface area contributed by atoms with Crippen molar-refractivity contribution < 1.29 is 0 Å². The highest BCUT2D eigenvalue weighted by Crippen LogP contribution is 2.25. The quantitative estimate of drug-likeness (QED) is 0.720. The first-order valence-electron chi connectivity index (χ1n) is 5.95. The van der Waals surface area contributed by atoms with E-state index >= 15 is 0 Å². The van der Waals surface area contributed by atoms with Gasteiger partial charge in [-0.15, -0.1) is 0 Å². The first kappa shape index (κ1) is 11.3. The Morgan fingerprint density at radius 1 is 1.21 bits per heavy atom. The molecule has 0 fully saturated rings. The Morgan fingerprint density at radius 3 is 2.74 bits per heavy atom. The van der Waals surface area contributed by atoms with Crippen LogP contribution in [0.2, 0.25) is 0 Å². The summed E-state index contributed by atoms with van der Waals surface area (Å²) >= 11 is 0. The van der Waals surface area contributed by atoms with Gasteiger partial charge in [0.25, 0.3) is 0 Å². The maximum atomic E-state index is 8.92. The zero-order chi connectivity index (χ0) is 13.4. The van der Waals surface area contributed by atoms with E-state index in [0.717, 1.165) is 22.2 Å². The van der Waals surface area contributed by atoms with Crippen molar-refractivity contribution in [3.8, 4) is 11.8 Å². The van der Waals surface area contributed by atoms with Crippen molar-refractivity contribution in [3.05, 3.63) is 53.6 Å². The number of anilines is 1. The molecule has 4 nitrogen and oxygen atoms in total. The predicted octanol–water partition coefficient (Wildman–Crippen LogP) is 2.79. The van der Waals surface area contributed by atoms with Crippen molar-refractivity contribution in [1.82, 2.24) is 9.78 Å². The number of nitrogens with two attached hydrogens (primary N) is 1. The molecule has 2 N–H and O–H groups in total. The Morgan fingerprint density at radius 2 is 2.00 bits per heavy atom. The number of hydrogen-bond donors (Lipinski definition) is 1. The molecule has 3 rings (SSSR count). The monoisotopic (exact) mass is 248 g/mol. The first-order valence-corrected chi connectivity index (χ1v) is 5.95. The Bertz CT molecular complexity index is 809. The molecule has 0 spiro atoms. The lowest BCUT2D eigenvalue weighted by atomic mass is 10.2. The second-order valence-corrected chi connectivity index (χ2v) is 4.43. The second-order valence-electron chi connectivity index (χ2n) is 4.43. The lowest BCUT2D eigenvalue weighted by Crippen LogP contribution is -2.03. The van der Waals surface area contributed by atoms with Crippen molar-refractivity contribution in [1.29, 1.82) is 5.26 Å². The van der Waals surface area contributed by atoms with Crippen LogP contribution in [0.4, 0.5) is 5.82 Å². The molecule has 3 aromatic rings. The molecular formula is C15H12N4. The van der Waals surface area contributed by atoms with Crippen LogP contribution < -0.4 is 5.73 Å². The van der Waals surface area contributed by atoms with Crippen molar-refractivity contribution in [3.63, 3.8) is 0 Å². The summed E-state index contributed by atoms with van der Waals surface area (Å²) in [5.74, 6) is 0.591. The van der Waals surface area contributed by atoms with E-state index in [2.05, 4.69) is 11.2 Å². The van der Waals surface area contributed by atoms with Gasteiger partial charge in [-0.2, -0.15) is 10.4 Å². The van der Waals surface area contributed by atoms with Crippen LogP contribution in [0.25, 0.3) is 16.6 Å². The molecule has 92 valence electrons. The number of para-hydroxylation sites is 1. The van der Waals surface area contributed by atoms with Crippen LogP contribution in [0.1, 0.15) is 11.1 Å². The Balaban J connectivity index is 2.29. The molecule has 0 amide bonds. The highest BCUT2D eigenvalue weighted by atomic mass is 15.3. The van der Waals surface area contributed by atoms with E-state index in [1.165, 1.54) is 0 Å². The molecule has 0 bridgehead atoms. The predicted molar refractivity (Wildman–Crippen MR) is 74.9 cm³/mol. The van der Waals surface area contributed by atoms with E-state index in [1.807, 2.05) is 37.3 Å². The van der Waals surface area contributed by atoms with E-state index < -0.39 is 0 Å². The summed E-state index contributed by atoms with van der Waals surface area (Å²) in [5, 5.41) is 14.3.